The summed E-state index contributed by atoms with van der Waals surface area (Å²) in [5.74, 6) is -0.728. The van der Waals surface area contributed by atoms with Crippen molar-refractivity contribution >= 4 is 45.5 Å². The van der Waals surface area contributed by atoms with Crippen molar-refractivity contribution in [2.24, 2.45) is 10.8 Å². The van der Waals surface area contributed by atoms with Gasteiger partial charge in [0.15, 0.2) is 5.11 Å². The first-order chi connectivity index (χ1) is 12.9. The number of thiocarbonyl (C=S) groups is 1. The van der Waals surface area contributed by atoms with Crippen molar-refractivity contribution in [3.63, 3.8) is 0 Å². The average molecular weight is 403 g/mol. The summed E-state index contributed by atoms with van der Waals surface area (Å²) in [5, 5.41) is 6.84. The molecule has 0 saturated carbocycles. The van der Waals surface area contributed by atoms with E-state index in [2.05, 4.69) is 10.1 Å². The number of hydrogen-bond donors (Lipinski definition) is 1. The van der Waals surface area contributed by atoms with E-state index in [0.717, 1.165) is 0 Å². The van der Waals surface area contributed by atoms with Crippen LogP contribution in [-0.4, -0.2) is 20.8 Å². The molecule has 0 aliphatic carbocycles. The highest BCUT2D eigenvalue weighted by atomic mass is 35.5. The summed E-state index contributed by atoms with van der Waals surface area (Å²) in [4.78, 5) is 4.34. The Bertz CT molecular complexity index is 1100. The maximum atomic E-state index is 13.6. The van der Waals surface area contributed by atoms with E-state index in [4.69, 9.17) is 29.6 Å². The van der Waals surface area contributed by atoms with E-state index in [-0.39, 0.29) is 21.9 Å². The van der Waals surface area contributed by atoms with Gasteiger partial charge in [-0.3, -0.25) is 0 Å². The molecule has 0 bridgehead atoms. The van der Waals surface area contributed by atoms with Gasteiger partial charge in [0, 0.05) is 22.9 Å². The summed E-state index contributed by atoms with van der Waals surface area (Å²) < 4.78 is 27.2. The number of hydrogen-bond acceptors (Lipinski definition) is 3. The van der Waals surface area contributed by atoms with Crippen molar-refractivity contribution < 1.29 is 8.78 Å². The molecule has 2 heterocycles. The zero-order valence-corrected chi connectivity index (χ0v) is 15.4. The second kappa shape index (κ2) is 6.83. The molecular weight excluding hydrogens is 390 g/mol. The third-order valence-corrected chi connectivity index (χ3v) is 4.90. The predicted octanol–water partition coefficient (Wildman–Crippen LogP) is 4.56. The highest BCUT2D eigenvalue weighted by Gasteiger charge is 2.32. The molecule has 1 atom stereocenters. The number of aromatic nitrogens is 1. The van der Waals surface area contributed by atoms with Crippen molar-refractivity contribution in [2.75, 3.05) is 0 Å². The Labute approximate surface area is 164 Å². The largest absolute Gasteiger partial charge is 0.375 e. The van der Waals surface area contributed by atoms with Gasteiger partial charge in [-0.2, -0.15) is 5.10 Å². The summed E-state index contributed by atoms with van der Waals surface area (Å²) in [6, 6.07) is 11.8. The van der Waals surface area contributed by atoms with E-state index in [1.807, 2.05) is 0 Å². The summed E-state index contributed by atoms with van der Waals surface area (Å²) in [6.45, 7) is 0. The fraction of sp³-hybridized carbons (Fsp3) is 0.105. The second-order valence-corrected chi connectivity index (χ2v) is 6.94. The van der Waals surface area contributed by atoms with Crippen LogP contribution in [0, 0.1) is 11.6 Å². The molecule has 4 rings (SSSR count). The van der Waals surface area contributed by atoms with Crippen LogP contribution in [0.15, 0.2) is 53.6 Å². The lowest BCUT2D eigenvalue weighted by Crippen LogP contribution is -2.31. The molecular formula is C19H13ClF2N4S. The van der Waals surface area contributed by atoms with Crippen LogP contribution in [0.1, 0.15) is 23.6 Å². The number of halogens is 3. The highest BCUT2D eigenvalue weighted by Crippen LogP contribution is 2.37. The summed E-state index contributed by atoms with van der Waals surface area (Å²) in [7, 11) is 0. The predicted molar refractivity (Wildman–Crippen MR) is 106 cm³/mol. The van der Waals surface area contributed by atoms with E-state index < -0.39 is 6.04 Å². The van der Waals surface area contributed by atoms with Crippen molar-refractivity contribution in [1.29, 1.82) is 0 Å². The smallest absolute Gasteiger partial charge is 0.187 e. The third-order valence-electron chi connectivity index (χ3n) is 4.41. The second-order valence-electron chi connectivity index (χ2n) is 6.17. The van der Waals surface area contributed by atoms with Crippen LogP contribution in [0.5, 0.6) is 0 Å². The van der Waals surface area contributed by atoms with E-state index in [9.17, 15) is 8.78 Å². The maximum Gasteiger partial charge on any atom is 0.187 e. The number of fused-ring (bicyclic) bond motifs is 1. The quantitative estimate of drug-likeness (QED) is 0.504. The van der Waals surface area contributed by atoms with Crippen LogP contribution in [0.4, 0.5) is 8.78 Å². The molecule has 27 heavy (non-hydrogen) atoms. The molecule has 1 aliphatic heterocycles. The number of rotatable bonds is 2. The monoisotopic (exact) mass is 402 g/mol. The molecule has 136 valence electrons. The lowest BCUT2D eigenvalue weighted by Gasteiger charge is -2.22. The lowest BCUT2D eigenvalue weighted by molar-refractivity contribution is 0.372. The number of nitrogens with zero attached hydrogens (tertiary/aromatic N) is 3. The van der Waals surface area contributed by atoms with Crippen LogP contribution < -0.4 is 5.73 Å². The maximum absolute atomic E-state index is 13.6. The first-order valence-corrected chi connectivity index (χ1v) is 8.89. The Kier molecular flexibility index (Phi) is 4.49. The first kappa shape index (κ1) is 17.8. The van der Waals surface area contributed by atoms with Crippen LogP contribution >= 0.6 is 23.8 Å². The number of nitrogens with two attached hydrogens (primary N) is 1. The van der Waals surface area contributed by atoms with Gasteiger partial charge in [0.2, 0.25) is 0 Å². The lowest BCUT2D eigenvalue weighted by atomic mass is 9.98. The summed E-state index contributed by atoms with van der Waals surface area (Å²) >= 11 is 11.5. The van der Waals surface area contributed by atoms with E-state index >= 15 is 0 Å². The van der Waals surface area contributed by atoms with Crippen LogP contribution in [0.25, 0.3) is 10.9 Å². The van der Waals surface area contributed by atoms with E-state index in [1.165, 1.54) is 29.3 Å². The van der Waals surface area contributed by atoms with E-state index in [0.29, 0.717) is 34.2 Å². The summed E-state index contributed by atoms with van der Waals surface area (Å²) in [5.41, 5.74) is 8.30. The molecule has 1 unspecified atom stereocenters. The van der Waals surface area contributed by atoms with Crippen molar-refractivity contribution in [2.45, 2.75) is 12.5 Å². The first-order valence-electron chi connectivity index (χ1n) is 8.10. The molecule has 3 aromatic rings. The molecule has 0 saturated heterocycles. The van der Waals surface area contributed by atoms with Crippen molar-refractivity contribution in [3.05, 3.63) is 76.4 Å². The molecule has 4 nitrogen and oxygen atoms in total. The van der Waals surface area contributed by atoms with Crippen molar-refractivity contribution in [1.82, 2.24) is 9.99 Å². The zero-order valence-electron chi connectivity index (χ0n) is 13.9. The normalized spacial score (nSPS) is 16.6. The molecule has 0 amide bonds. The van der Waals surface area contributed by atoms with Crippen LogP contribution in [0.3, 0.4) is 0 Å². The molecule has 0 radical (unpaired) electrons. The summed E-state index contributed by atoms with van der Waals surface area (Å²) in [6.07, 6.45) is 0.406. The molecule has 1 aliphatic rings. The minimum Gasteiger partial charge on any atom is -0.375 e. The highest BCUT2D eigenvalue weighted by molar-refractivity contribution is 7.80. The van der Waals surface area contributed by atoms with Gasteiger partial charge < -0.3 is 5.73 Å². The van der Waals surface area contributed by atoms with Gasteiger partial charge in [-0.05, 0) is 48.6 Å². The Morgan fingerprint density at radius 1 is 1.15 bits per heavy atom. The topological polar surface area (TPSA) is 54.5 Å². The van der Waals surface area contributed by atoms with Gasteiger partial charge in [0.25, 0.3) is 0 Å². The third kappa shape index (κ3) is 3.36. The van der Waals surface area contributed by atoms with Crippen LogP contribution in [0.2, 0.25) is 5.15 Å². The molecule has 0 spiro atoms. The minimum atomic E-state index is -0.409. The fourth-order valence-corrected chi connectivity index (χ4v) is 3.61. The van der Waals surface area contributed by atoms with Gasteiger partial charge in [0.1, 0.15) is 16.8 Å². The zero-order chi connectivity index (χ0) is 19.1. The number of benzene rings is 2. The average Bonchev–Trinajstić information content (AvgIpc) is 3.07. The standard InChI is InChI=1S/C19H13ClF2N4S/c20-18-14(8-11-7-13(22)4-5-15(11)24-18)17-9-16(25-26(17)19(23)27)10-2-1-3-12(21)6-10/h1-8,17H,9H2,(H2,23,27). The molecule has 1 aromatic heterocycles. The Hall–Kier alpha value is -2.64. The SMILES string of the molecule is NC(=S)N1N=C(c2cccc(F)c2)CC1c1cc2cc(F)ccc2nc1Cl. The Balaban J connectivity index is 1.78. The molecule has 0 fully saturated rings. The molecule has 2 N–H and O–H groups in total. The fourth-order valence-electron chi connectivity index (χ4n) is 3.17. The Morgan fingerprint density at radius 2 is 1.93 bits per heavy atom. The number of hydrazone groups is 1. The van der Waals surface area contributed by atoms with Gasteiger partial charge in [-0.25, -0.2) is 18.8 Å². The van der Waals surface area contributed by atoms with Gasteiger partial charge in [-0.15, -0.1) is 0 Å². The Morgan fingerprint density at radius 3 is 2.67 bits per heavy atom. The number of pyridine rings is 1. The molecule has 2 aromatic carbocycles. The minimum absolute atomic E-state index is 0.0572. The van der Waals surface area contributed by atoms with Crippen LogP contribution in [-0.2, 0) is 0 Å². The van der Waals surface area contributed by atoms with E-state index in [1.54, 1.807) is 24.3 Å². The van der Waals surface area contributed by atoms with Gasteiger partial charge in [-0.1, -0.05) is 23.7 Å². The van der Waals surface area contributed by atoms with Crippen molar-refractivity contribution in [3.8, 4) is 0 Å². The van der Waals surface area contributed by atoms with Gasteiger partial charge in [0.05, 0.1) is 17.3 Å². The molecule has 8 heteroatoms. The van der Waals surface area contributed by atoms with Gasteiger partial charge >= 0.3 is 0 Å².